The lowest BCUT2D eigenvalue weighted by Crippen LogP contribution is -2.51. The number of hydroxylamine groups is 2. The molecule has 0 aromatic rings. The molecule has 0 aromatic carbocycles. The van der Waals surface area contributed by atoms with Crippen LogP contribution in [0.15, 0.2) is 0 Å². The average Bonchev–Trinajstić information content (AvgIpc) is 2.57. The van der Waals surface area contributed by atoms with Crippen LogP contribution in [0.25, 0.3) is 0 Å². The number of carbonyl (C=O) groups excluding carboxylic acids is 1. The van der Waals surface area contributed by atoms with Gasteiger partial charge in [-0.25, -0.2) is 5.06 Å². The van der Waals surface area contributed by atoms with Gasteiger partial charge in [0.15, 0.2) is 0 Å². The third kappa shape index (κ3) is 2.74. The molecule has 0 N–H and O–H groups in total. The van der Waals surface area contributed by atoms with E-state index < -0.39 is 0 Å². The second-order valence-corrected chi connectivity index (χ2v) is 5.70. The van der Waals surface area contributed by atoms with Crippen molar-refractivity contribution in [1.29, 1.82) is 0 Å². The number of carbonyl (C=O) groups is 1. The Morgan fingerprint density at radius 1 is 1.44 bits per heavy atom. The summed E-state index contributed by atoms with van der Waals surface area (Å²) >= 11 is 0. The maximum atomic E-state index is 12.1. The monoisotopic (exact) mass is 228 g/mol. The molecule has 0 aromatic heterocycles. The summed E-state index contributed by atoms with van der Waals surface area (Å²) in [6.45, 7) is 9.63. The van der Waals surface area contributed by atoms with E-state index in [-0.39, 0.29) is 17.5 Å². The molecule has 1 heterocycles. The van der Waals surface area contributed by atoms with E-state index in [0.29, 0.717) is 5.92 Å². The van der Waals surface area contributed by atoms with Gasteiger partial charge in [-0.15, -0.1) is 0 Å². The average molecular weight is 228 g/mol. The highest BCUT2D eigenvalue weighted by atomic mass is 16.7. The molecule has 2 atom stereocenters. The number of likely N-dealkylation sites (N-methyl/N-ethyl adjacent to an activating group) is 1. The van der Waals surface area contributed by atoms with Crippen LogP contribution < -0.4 is 0 Å². The maximum Gasteiger partial charge on any atom is 0.263 e. The Morgan fingerprint density at radius 3 is 2.44 bits per heavy atom. The van der Waals surface area contributed by atoms with E-state index in [1.165, 1.54) is 12.2 Å². The Bertz CT molecular complexity index is 260. The summed E-state index contributed by atoms with van der Waals surface area (Å²) in [6, 6.07) is -0.0417. The zero-order chi connectivity index (χ0) is 12.5. The molecular weight excluding hydrogens is 204 g/mol. The topological polar surface area (TPSA) is 32.8 Å². The minimum atomic E-state index is -0.0417. The van der Waals surface area contributed by atoms with Crippen LogP contribution in [0.1, 0.15) is 34.1 Å². The summed E-state index contributed by atoms with van der Waals surface area (Å²) in [7, 11) is 3.20. The SMILES string of the molecule is CON(C)C(=O)[C@@H]1C[C@H](C)CN1C(C)(C)C. The first-order valence-corrected chi connectivity index (χ1v) is 5.85. The number of rotatable bonds is 2. The maximum absolute atomic E-state index is 12.1. The van der Waals surface area contributed by atoms with Gasteiger partial charge in [-0.2, -0.15) is 0 Å². The van der Waals surface area contributed by atoms with Crippen molar-refractivity contribution in [3.63, 3.8) is 0 Å². The highest BCUT2D eigenvalue weighted by Crippen LogP contribution is 2.30. The first kappa shape index (κ1) is 13.5. The first-order valence-electron chi connectivity index (χ1n) is 5.85. The molecule has 1 saturated heterocycles. The fourth-order valence-electron chi connectivity index (χ4n) is 2.32. The van der Waals surface area contributed by atoms with Crippen LogP contribution in [0.5, 0.6) is 0 Å². The van der Waals surface area contributed by atoms with E-state index in [4.69, 9.17) is 4.84 Å². The molecule has 16 heavy (non-hydrogen) atoms. The van der Waals surface area contributed by atoms with E-state index in [1.54, 1.807) is 7.05 Å². The molecule has 0 bridgehead atoms. The first-order chi connectivity index (χ1) is 7.27. The predicted molar refractivity (Wildman–Crippen MR) is 63.8 cm³/mol. The van der Waals surface area contributed by atoms with Crippen molar-refractivity contribution in [3.8, 4) is 0 Å². The van der Waals surface area contributed by atoms with Gasteiger partial charge in [0.1, 0.15) is 0 Å². The zero-order valence-corrected chi connectivity index (χ0v) is 11.3. The molecule has 0 radical (unpaired) electrons. The highest BCUT2D eigenvalue weighted by Gasteiger charge is 2.41. The third-order valence-electron chi connectivity index (χ3n) is 3.24. The molecular formula is C12H24N2O2. The van der Waals surface area contributed by atoms with Gasteiger partial charge in [-0.05, 0) is 33.1 Å². The Morgan fingerprint density at radius 2 is 2.00 bits per heavy atom. The van der Waals surface area contributed by atoms with E-state index in [0.717, 1.165) is 13.0 Å². The Hall–Kier alpha value is -0.610. The molecule has 0 saturated carbocycles. The summed E-state index contributed by atoms with van der Waals surface area (Å²) in [4.78, 5) is 19.4. The van der Waals surface area contributed by atoms with Gasteiger partial charge >= 0.3 is 0 Å². The van der Waals surface area contributed by atoms with Crippen LogP contribution in [0.4, 0.5) is 0 Å². The minimum Gasteiger partial charge on any atom is -0.287 e. The number of amides is 1. The normalized spacial score (nSPS) is 27.1. The van der Waals surface area contributed by atoms with E-state index in [1.807, 2.05) is 0 Å². The molecule has 94 valence electrons. The molecule has 4 nitrogen and oxygen atoms in total. The minimum absolute atomic E-state index is 0.0274. The molecule has 4 heteroatoms. The number of likely N-dealkylation sites (tertiary alicyclic amines) is 1. The summed E-state index contributed by atoms with van der Waals surface area (Å²) in [5.74, 6) is 0.625. The Balaban J connectivity index is 2.81. The standard InChI is InChI=1S/C12H24N2O2/c1-9-7-10(11(15)13(5)16-6)14(8-9)12(2,3)4/h9-10H,7-8H2,1-6H3/t9-,10-/m0/s1. The largest absolute Gasteiger partial charge is 0.287 e. The fourth-order valence-corrected chi connectivity index (χ4v) is 2.32. The molecule has 0 spiro atoms. The van der Waals surface area contributed by atoms with Crippen LogP contribution in [0, 0.1) is 5.92 Å². The van der Waals surface area contributed by atoms with Gasteiger partial charge in [0, 0.05) is 19.1 Å². The highest BCUT2D eigenvalue weighted by molar-refractivity contribution is 5.81. The summed E-state index contributed by atoms with van der Waals surface area (Å²) in [5.41, 5.74) is 0.0274. The molecule has 1 rings (SSSR count). The molecule has 1 aliphatic heterocycles. The van der Waals surface area contributed by atoms with E-state index in [2.05, 4.69) is 32.6 Å². The Labute approximate surface area is 98.5 Å². The number of hydrogen-bond acceptors (Lipinski definition) is 3. The summed E-state index contributed by atoms with van der Waals surface area (Å²) in [6.07, 6.45) is 0.920. The van der Waals surface area contributed by atoms with Crippen molar-refractivity contribution in [3.05, 3.63) is 0 Å². The van der Waals surface area contributed by atoms with Crippen LogP contribution in [-0.4, -0.2) is 48.2 Å². The van der Waals surface area contributed by atoms with Gasteiger partial charge < -0.3 is 0 Å². The smallest absolute Gasteiger partial charge is 0.263 e. The molecule has 1 amide bonds. The number of nitrogens with zero attached hydrogens (tertiary/aromatic N) is 2. The molecule has 1 aliphatic rings. The lowest BCUT2D eigenvalue weighted by atomic mass is 10.0. The van der Waals surface area contributed by atoms with Gasteiger partial charge in [0.05, 0.1) is 13.2 Å². The van der Waals surface area contributed by atoms with Crippen molar-refractivity contribution < 1.29 is 9.63 Å². The fraction of sp³-hybridized carbons (Fsp3) is 0.917. The van der Waals surface area contributed by atoms with Crippen molar-refractivity contribution in [2.45, 2.75) is 45.7 Å². The van der Waals surface area contributed by atoms with Crippen molar-refractivity contribution in [2.24, 2.45) is 5.92 Å². The second-order valence-electron chi connectivity index (χ2n) is 5.70. The van der Waals surface area contributed by atoms with Crippen LogP contribution in [0.3, 0.4) is 0 Å². The van der Waals surface area contributed by atoms with Crippen molar-refractivity contribution >= 4 is 5.91 Å². The molecule has 1 fully saturated rings. The van der Waals surface area contributed by atoms with Gasteiger partial charge in [-0.1, -0.05) is 6.92 Å². The van der Waals surface area contributed by atoms with Gasteiger partial charge in [0.25, 0.3) is 5.91 Å². The predicted octanol–water partition coefficient (Wildman–Crippen LogP) is 1.52. The molecule has 0 aliphatic carbocycles. The second kappa shape index (κ2) is 4.72. The lowest BCUT2D eigenvalue weighted by Gasteiger charge is -2.37. The number of hydrogen-bond donors (Lipinski definition) is 0. The van der Waals surface area contributed by atoms with Gasteiger partial charge in [-0.3, -0.25) is 14.5 Å². The lowest BCUT2D eigenvalue weighted by molar-refractivity contribution is -0.175. The zero-order valence-electron chi connectivity index (χ0n) is 11.3. The van der Waals surface area contributed by atoms with E-state index in [9.17, 15) is 4.79 Å². The van der Waals surface area contributed by atoms with Gasteiger partial charge in [0.2, 0.25) is 0 Å². The quantitative estimate of drug-likeness (QED) is 0.672. The molecule has 0 unspecified atom stereocenters. The van der Waals surface area contributed by atoms with Crippen LogP contribution in [-0.2, 0) is 9.63 Å². The van der Waals surface area contributed by atoms with E-state index >= 15 is 0 Å². The Kier molecular flexibility index (Phi) is 3.97. The van der Waals surface area contributed by atoms with Crippen LogP contribution >= 0.6 is 0 Å². The summed E-state index contributed by atoms with van der Waals surface area (Å²) < 4.78 is 0. The third-order valence-corrected chi connectivity index (χ3v) is 3.24. The summed E-state index contributed by atoms with van der Waals surface area (Å²) in [5, 5.41) is 1.33. The van der Waals surface area contributed by atoms with Crippen LogP contribution in [0.2, 0.25) is 0 Å². The van der Waals surface area contributed by atoms with Crippen molar-refractivity contribution in [1.82, 2.24) is 9.96 Å². The van der Waals surface area contributed by atoms with Crippen molar-refractivity contribution in [2.75, 3.05) is 20.7 Å².